The monoisotopic (exact) mass is 478 g/mol. The van der Waals surface area contributed by atoms with Crippen LogP contribution in [0.1, 0.15) is 38.7 Å². The van der Waals surface area contributed by atoms with Crippen molar-refractivity contribution in [2.45, 2.75) is 39.7 Å². The van der Waals surface area contributed by atoms with Gasteiger partial charge in [-0.15, -0.1) is 24.0 Å². The molecule has 0 aromatic heterocycles. The number of guanidine groups is 1. The van der Waals surface area contributed by atoms with Crippen LogP contribution < -0.4 is 20.5 Å². The first kappa shape index (κ1) is 24.8. The molecule has 26 heavy (non-hydrogen) atoms. The van der Waals surface area contributed by atoms with E-state index < -0.39 is 0 Å². The van der Waals surface area contributed by atoms with Gasteiger partial charge in [0.25, 0.3) is 0 Å². The lowest BCUT2D eigenvalue weighted by Gasteiger charge is -2.20. The van der Waals surface area contributed by atoms with Gasteiger partial charge in [-0.2, -0.15) is 0 Å². The molecule has 0 bridgehead atoms. The maximum Gasteiger partial charge on any atom is 0.188 e. The average Bonchev–Trinajstić information content (AvgIpc) is 2.63. The summed E-state index contributed by atoms with van der Waals surface area (Å²) in [6.45, 7) is 9.21. The third kappa shape index (κ3) is 9.47. The maximum atomic E-state index is 5.95. The molecule has 6 nitrogen and oxygen atoms in total. The fourth-order valence-corrected chi connectivity index (χ4v) is 2.70. The number of hydrogen-bond acceptors (Lipinski definition) is 4. The van der Waals surface area contributed by atoms with Crippen LogP contribution in [-0.4, -0.2) is 51.3 Å². The second-order valence-electron chi connectivity index (χ2n) is 6.01. The second-order valence-corrected chi connectivity index (χ2v) is 6.01. The summed E-state index contributed by atoms with van der Waals surface area (Å²) < 4.78 is 10.5. The van der Waals surface area contributed by atoms with Crippen LogP contribution in [0.2, 0.25) is 0 Å². The molecule has 7 heteroatoms. The Morgan fingerprint density at radius 2 is 1.73 bits per heavy atom. The molecule has 0 aliphatic rings. The summed E-state index contributed by atoms with van der Waals surface area (Å²) in [5.74, 6) is 1.89. The smallest absolute Gasteiger partial charge is 0.188 e. The highest BCUT2D eigenvalue weighted by Crippen LogP contribution is 2.27. The summed E-state index contributed by atoms with van der Waals surface area (Å²) in [4.78, 5) is 6.89. The summed E-state index contributed by atoms with van der Waals surface area (Å²) in [6, 6.07) is 5.76. The van der Waals surface area contributed by atoms with Crippen LogP contribution in [-0.2, 0) is 6.54 Å². The van der Waals surface area contributed by atoms with Crippen molar-refractivity contribution in [1.29, 1.82) is 0 Å². The minimum Gasteiger partial charge on any atom is -0.493 e. The minimum atomic E-state index is 0. The Bertz CT molecular complexity index is 520. The molecule has 0 heterocycles. The predicted molar refractivity (Wildman–Crippen MR) is 120 cm³/mol. The summed E-state index contributed by atoms with van der Waals surface area (Å²) >= 11 is 0. The topological polar surface area (TPSA) is 72.1 Å². The van der Waals surface area contributed by atoms with Crippen LogP contribution in [0, 0.1) is 0 Å². The Hall–Kier alpha value is -1.22. The molecule has 0 radical (unpaired) electrons. The zero-order valence-corrected chi connectivity index (χ0v) is 18.9. The zero-order valence-electron chi connectivity index (χ0n) is 16.6. The number of ether oxygens (including phenoxy) is 2. The molecular weight excluding hydrogens is 443 g/mol. The van der Waals surface area contributed by atoms with Gasteiger partial charge in [-0.3, -0.25) is 0 Å². The lowest BCUT2D eigenvalue weighted by Crippen LogP contribution is -2.35. The number of rotatable bonds is 12. The van der Waals surface area contributed by atoms with E-state index in [-0.39, 0.29) is 24.0 Å². The van der Waals surface area contributed by atoms with E-state index in [0.29, 0.717) is 24.0 Å². The Labute approximate surface area is 175 Å². The van der Waals surface area contributed by atoms with Crippen molar-refractivity contribution in [1.82, 2.24) is 10.2 Å². The van der Waals surface area contributed by atoms with Gasteiger partial charge >= 0.3 is 0 Å². The molecule has 0 saturated carbocycles. The van der Waals surface area contributed by atoms with Crippen molar-refractivity contribution in [2.75, 3.05) is 40.4 Å². The molecule has 1 rings (SSSR count). The molecule has 0 unspecified atom stereocenters. The number of nitrogens with zero attached hydrogens (tertiary/aromatic N) is 2. The lowest BCUT2D eigenvalue weighted by atomic mass is 10.2. The van der Waals surface area contributed by atoms with Crippen molar-refractivity contribution in [3.63, 3.8) is 0 Å². The van der Waals surface area contributed by atoms with Crippen LogP contribution in [0.5, 0.6) is 11.5 Å². The molecule has 0 fully saturated rings. The second kappa shape index (κ2) is 14.9. The molecule has 1 aromatic carbocycles. The van der Waals surface area contributed by atoms with Crippen molar-refractivity contribution in [3.05, 3.63) is 23.8 Å². The van der Waals surface area contributed by atoms with Crippen LogP contribution in [0.15, 0.2) is 23.2 Å². The average molecular weight is 478 g/mol. The Kier molecular flexibility index (Phi) is 14.2. The number of halogens is 1. The highest BCUT2D eigenvalue weighted by Gasteiger charge is 2.04. The maximum absolute atomic E-state index is 5.95. The van der Waals surface area contributed by atoms with Gasteiger partial charge in [-0.1, -0.05) is 19.9 Å². The predicted octanol–water partition coefficient (Wildman–Crippen LogP) is 3.24. The molecular formula is C19H35IN4O2. The number of methoxy groups -OCH3 is 2. The standard InChI is InChI=1S/C19H34N4O2.HI/c1-5-11-23(12-6-2)13-7-10-21-19(20)22-15-16-8-9-17(24-3)18(14-16)25-4;/h8-9,14H,5-7,10-13,15H2,1-4H3,(H3,20,21,22);1H. The molecule has 0 aliphatic carbocycles. The Morgan fingerprint density at radius 3 is 2.31 bits per heavy atom. The third-order valence-corrected chi connectivity index (χ3v) is 3.92. The molecule has 1 aromatic rings. The SMILES string of the molecule is CCCN(CCC)CCCNC(N)=NCc1ccc(OC)c(OC)c1.I. The van der Waals surface area contributed by atoms with Gasteiger partial charge < -0.3 is 25.4 Å². The van der Waals surface area contributed by atoms with Crippen LogP contribution in [0.3, 0.4) is 0 Å². The number of aliphatic imine (C=N–C) groups is 1. The van der Waals surface area contributed by atoms with Gasteiger partial charge in [0.05, 0.1) is 20.8 Å². The molecule has 150 valence electrons. The van der Waals surface area contributed by atoms with E-state index in [9.17, 15) is 0 Å². The highest BCUT2D eigenvalue weighted by atomic mass is 127. The van der Waals surface area contributed by atoms with E-state index in [1.165, 1.54) is 12.8 Å². The van der Waals surface area contributed by atoms with Gasteiger partial charge in [0.15, 0.2) is 17.5 Å². The van der Waals surface area contributed by atoms with Crippen LogP contribution in [0.4, 0.5) is 0 Å². The van der Waals surface area contributed by atoms with E-state index in [4.69, 9.17) is 15.2 Å². The molecule has 3 N–H and O–H groups in total. The number of hydrogen-bond donors (Lipinski definition) is 2. The summed E-state index contributed by atoms with van der Waals surface area (Å²) in [5.41, 5.74) is 6.98. The van der Waals surface area contributed by atoms with Crippen LogP contribution >= 0.6 is 24.0 Å². The van der Waals surface area contributed by atoms with E-state index >= 15 is 0 Å². The Balaban J connectivity index is 0.00000625. The first-order valence-electron chi connectivity index (χ1n) is 9.11. The van der Waals surface area contributed by atoms with E-state index in [1.54, 1.807) is 14.2 Å². The fraction of sp³-hybridized carbons (Fsp3) is 0.632. The van der Waals surface area contributed by atoms with E-state index in [1.807, 2.05) is 18.2 Å². The van der Waals surface area contributed by atoms with Gasteiger partial charge in [-0.25, -0.2) is 4.99 Å². The summed E-state index contributed by atoms with van der Waals surface area (Å²) in [5, 5.41) is 3.19. The zero-order chi connectivity index (χ0) is 18.5. The third-order valence-electron chi connectivity index (χ3n) is 3.92. The summed E-state index contributed by atoms with van der Waals surface area (Å²) in [6.07, 6.45) is 3.46. The lowest BCUT2D eigenvalue weighted by molar-refractivity contribution is 0.272. The van der Waals surface area contributed by atoms with Crippen molar-refractivity contribution in [2.24, 2.45) is 10.7 Å². The largest absolute Gasteiger partial charge is 0.493 e. The van der Waals surface area contributed by atoms with Crippen molar-refractivity contribution < 1.29 is 9.47 Å². The minimum absolute atomic E-state index is 0. The first-order chi connectivity index (χ1) is 12.1. The van der Waals surface area contributed by atoms with Gasteiger partial charge in [0.2, 0.25) is 0 Å². The van der Waals surface area contributed by atoms with Gasteiger partial charge in [-0.05, 0) is 56.6 Å². The Morgan fingerprint density at radius 1 is 1.08 bits per heavy atom. The van der Waals surface area contributed by atoms with Gasteiger partial charge in [0.1, 0.15) is 0 Å². The van der Waals surface area contributed by atoms with E-state index in [0.717, 1.165) is 38.2 Å². The quantitative estimate of drug-likeness (QED) is 0.209. The van der Waals surface area contributed by atoms with E-state index in [2.05, 4.69) is 29.1 Å². The molecule has 0 aliphatic heterocycles. The fourth-order valence-electron chi connectivity index (χ4n) is 2.70. The van der Waals surface area contributed by atoms with Crippen molar-refractivity contribution in [3.8, 4) is 11.5 Å². The number of nitrogens with two attached hydrogens (primary N) is 1. The normalized spacial score (nSPS) is 11.2. The number of nitrogens with one attached hydrogen (secondary N) is 1. The summed E-state index contributed by atoms with van der Waals surface area (Å²) in [7, 11) is 3.25. The first-order valence-corrected chi connectivity index (χ1v) is 9.11. The molecule has 0 atom stereocenters. The number of benzene rings is 1. The molecule has 0 amide bonds. The molecule has 0 spiro atoms. The highest BCUT2D eigenvalue weighted by molar-refractivity contribution is 14.0. The molecule has 0 saturated heterocycles. The van der Waals surface area contributed by atoms with Gasteiger partial charge in [0, 0.05) is 6.54 Å². The van der Waals surface area contributed by atoms with Crippen molar-refractivity contribution >= 4 is 29.9 Å². The van der Waals surface area contributed by atoms with Crippen LogP contribution in [0.25, 0.3) is 0 Å².